The molecule has 1 unspecified atom stereocenters. The molecule has 0 saturated heterocycles. The van der Waals surface area contributed by atoms with Crippen molar-refractivity contribution in [2.24, 2.45) is 0 Å². The summed E-state index contributed by atoms with van der Waals surface area (Å²) in [6.45, 7) is 3.09. The molecule has 0 saturated carbocycles. The van der Waals surface area contributed by atoms with Crippen LogP contribution in [0.5, 0.6) is 5.75 Å². The SMILES string of the molecule is CCN(CC)C(=O)c1ccc(NC(=O)C[NH+](C)Cc2ccc(OC(F)F)cc2)cc1. The number of nitrogens with one attached hydrogen (secondary N) is 2. The number of nitrogens with zero attached hydrogens (tertiary/aromatic N) is 1. The Morgan fingerprint density at radius 1 is 1.03 bits per heavy atom. The number of likely N-dealkylation sites (N-methyl/N-ethyl adjacent to an activating group) is 1. The van der Waals surface area contributed by atoms with Gasteiger partial charge in [0, 0.05) is 29.9 Å². The molecule has 2 amide bonds. The third-order valence-electron chi connectivity index (χ3n) is 4.58. The molecule has 0 aliphatic carbocycles. The van der Waals surface area contributed by atoms with Crippen LogP contribution in [0.3, 0.4) is 0 Å². The number of halogens is 2. The number of carbonyl (C=O) groups excluding carboxylic acids is 2. The molecule has 2 N–H and O–H groups in total. The first-order valence-corrected chi connectivity index (χ1v) is 9.86. The van der Waals surface area contributed by atoms with Crippen molar-refractivity contribution in [2.45, 2.75) is 27.0 Å². The van der Waals surface area contributed by atoms with Crippen LogP contribution in [-0.4, -0.2) is 50.0 Å². The Morgan fingerprint density at radius 2 is 1.63 bits per heavy atom. The average Bonchev–Trinajstić information content (AvgIpc) is 2.70. The van der Waals surface area contributed by atoms with Gasteiger partial charge in [-0.2, -0.15) is 8.78 Å². The molecule has 6 nitrogen and oxygen atoms in total. The number of ether oxygens (including phenoxy) is 1. The van der Waals surface area contributed by atoms with Crippen molar-refractivity contribution in [3.05, 3.63) is 59.7 Å². The number of carbonyl (C=O) groups is 2. The molecule has 0 heterocycles. The first kappa shape index (κ1) is 23.3. The topological polar surface area (TPSA) is 63.1 Å². The summed E-state index contributed by atoms with van der Waals surface area (Å²) in [7, 11) is 1.87. The Morgan fingerprint density at radius 3 is 2.17 bits per heavy atom. The van der Waals surface area contributed by atoms with Crippen LogP contribution >= 0.6 is 0 Å². The first-order valence-electron chi connectivity index (χ1n) is 9.86. The van der Waals surface area contributed by atoms with Gasteiger partial charge in [0.1, 0.15) is 12.3 Å². The second-order valence-corrected chi connectivity index (χ2v) is 6.94. The molecule has 0 radical (unpaired) electrons. The number of hydrogen-bond donors (Lipinski definition) is 2. The summed E-state index contributed by atoms with van der Waals surface area (Å²) >= 11 is 0. The summed E-state index contributed by atoms with van der Waals surface area (Å²) in [5.74, 6) is -0.0907. The highest BCUT2D eigenvalue weighted by Crippen LogP contribution is 2.14. The molecule has 0 spiro atoms. The smallest absolute Gasteiger partial charge is 0.387 e. The van der Waals surface area contributed by atoms with Gasteiger partial charge in [0.2, 0.25) is 0 Å². The zero-order chi connectivity index (χ0) is 22.1. The fraction of sp³-hybridized carbons (Fsp3) is 0.364. The number of rotatable bonds is 10. The predicted molar refractivity (Wildman–Crippen MR) is 111 cm³/mol. The summed E-state index contributed by atoms with van der Waals surface area (Å²) < 4.78 is 28.7. The fourth-order valence-corrected chi connectivity index (χ4v) is 3.07. The van der Waals surface area contributed by atoms with Gasteiger partial charge in [0.05, 0.1) is 7.05 Å². The minimum Gasteiger partial charge on any atom is -0.435 e. The summed E-state index contributed by atoms with van der Waals surface area (Å²) in [6.07, 6.45) is 0. The van der Waals surface area contributed by atoms with Crippen molar-refractivity contribution >= 4 is 17.5 Å². The first-order chi connectivity index (χ1) is 14.3. The van der Waals surface area contributed by atoms with E-state index in [0.717, 1.165) is 10.5 Å². The van der Waals surface area contributed by atoms with E-state index in [4.69, 9.17) is 0 Å². The van der Waals surface area contributed by atoms with Crippen molar-refractivity contribution in [2.75, 3.05) is 32.0 Å². The van der Waals surface area contributed by atoms with Crippen molar-refractivity contribution in [3.8, 4) is 5.75 Å². The molecule has 0 fully saturated rings. The molecule has 2 rings (SSSR count). The summed E-state index contributed by atoms with van der Waals surface area (Å²) in [5, 5.41) is 2.82. The van der Waals surface area contributed by atoms with Crippen molar-refractivity contribution < 1.29 is 28.0 Å². The number of benzene rings is 2. The monoisotopic (exact) mass is 420 g/mol. The highest BCUT2D eigenvalue weighted by Gasteiger charge is 2.14. The van der Waals surface area contributed by atoms with Crippen LogP contribution in [-0.2, 0) is 11.3 Å². The lowest BCUT2D eigenvalue weighted by molar-refractivity contribution is -0.885. The Kier molecular flexibility index (Phi) is 8.73. The number of quaternary nitrogens is 1. The average molecular weight is 420 g/mol. The zero-order valence-electron chi connectivity index (χ0n) is 17.5. The number of amides is 2. The van der Waals surface area contributed by atoms with E-state index in [1.807, 2.05) is 20.9 Å². The molecule has 1 atom stereocenters. The maximum absolute atomic E-state index is 12.3. The van der Waals surface area contributed by atoms with E-state index >= 15 is 0 Å². The molecule has 0 aromatic heterocycles. The van der Waals surface area contributed by atoms with Crippen LogP contribution in [0.15, 0.2) is 48.5 Å². The van der Waals surface area contributed by atoms with E-state index in [-0.39, 0.29) is 24.1 Å². The van der Waals surface area contributed by atoms with Gasteiger partial charge in [-0.25, -0.2) is 0 Å². The van der Waals surface area contributed by atoms with Gasteiger partial charge in [0.15, 0.2) is 6.54 Å². The van der Waals surface area contributed by atoms with Crippen LogP contribution in [0, 0.1) is 0 Å². The van der Waals surface area contributed by atoms with Gasteiger partial charge in [-0.15, -0.1) is 0 Å². The van der Waals surface area contributed by atoms with Gasteiger partial charge in [-0.3, -0.25) is 9.59 Å². The molecule has 2 aromatic carbocycles. The molecule has 2 aromatic rings. The second-order valence-electron chi connectivity index (χ2n) is 6.94. The lowest BCUT2D eigenvalue weighted by Gasteiger charge is -2.18. The van der Waals surface area contributed by atoms with E-state index in [9.17, 15) is 18.4 Å². The molecule has 0 bridgehead atoms. The maximum atomic E-state index is 12.3. The lowest BCUT2D eigenvalue weighted by Crippen LogP contribution is -3.08. The minimum absolute atomic E-state index is 0.0352. The van der Waals surface area contributed by atoms with E-state index in [2.05, 4.69) is 10.1 Å². The van der Waals surface area contributed by atoms with E-state index in [1.54, 1.807) is 41.3 Å². The van der Waals surface area contributed by atoms with Crippen molar-refractivity contribution in [1.29, 1.82) is 0 Å². The van der Waals surface area contributed by atoms with Crippen LogP contribution in [0.2, 0.25) is 0 Å². The van der Waals surface area contributed by atoms with Crippen LogP contribution in [0.25, 0.3) is 0 Å². The highest BCUT2D eigenvalue weighted by molar-refractivity contribution is 5.96. The van der Waals surface area contributed by atoms with Crippen LogP contribution < -0.4 is 15.0 Å². The molecule has 162 valence electrons. The molecular weight excluding hydrogens is 392 g/mol. The predicted octanol–water partition coefficient (Wildman–Crippen LogP) is 2.42. The molecule has 0 aliphatic rings. The van der Waals surface area contributed by atoms with Gasteiger partial charge in [-0.1, -0.05) is 0 Å². The Hall–Kier alpha value is -3.00. The third kappa shape index (κ3) is 7.11. The minimum atomic E-state index is -2.85. The van der Waals surface area contributed by atoms with Gasteiger partial charge in [-0.05, 0) is 62.4 Å². The van der Waals surface area contributed by atoms with Gasteiger partial charge >= 0.3 is 6.61 Å². The summed E-state index contributed by atoms with van der Waals surface area (Å²) in [5.41, 5.74) is 2.11. The summed E-state index contributed by atoms with van der Waals surface area (Å²) in [6, 6.07) is 13.2. The standard InChI is InChI=1S/C22H27F2N3O3/c1-4-27(5-2)21(29)17-8-10-18(11-9-17)25-20(28)15-26(3)14-16-6-12-19(13-7-16)30-22(23)24/h6-13,22H,4-5,14-15H2,1-3H3,(H,25,28)/p+1. The number of hydrogen-bond acceptors (Lipinski definition) is 3. The normalized spacial score (nSPS) is 11.8. The van der Waals surface area contributed by atoms with Crippen LogP contribution in [0.4, 0.5) is 14.5 Å². The Balaban J connectivity index is 1.85. The Bertz CT molecular complexity index is 823. The lowest BCUT2D eigenvalue weighted by atomic mass is 10.1. The fourth-order valence-electron chi connectivity index (χ4n) is 3.07. The largest absolute Gasteiger partial charge is 0.435 e. The molecular formula is C22H28F2N3O3+. The van der Waals surface area contributed by atoms with E-state index < -0.39 is 6.61 Å². The molecule has 0 aliphatic heterocycles. The molecule has 30 heavy (non-hydrogen) atoms. The zero-order valence-corrected chi connectivity index (χ0v) is 17.5. The van der Waals surface area contributed by atoms with Gasteiger partial charge < -0.3 is 19.9 Å². The second kappa shape index (κ2) is 11.3. The summed E-state index contributed by atoms with van der Waals surface area (Å²) in [4.78, 5) is 27.3. The Labute approximate surface area is 175 Å². The van der Waals surface area contributed by atoms with Crippen LogP contribution in [0.1, 0.15) is 29.8 Å². The number of alkyl halides is 2. The van der Waals surface area contributed by atoms with Crippen molar-refractivity contribution in [1.82, 2.24) is 4.90 Å². The van der Waals surface area contributed by atoms with E-state index in [0.29, 0.717) is 30.9 Å². The maximum Gasteiger partial charge on any atom is 0.387 e. The molecule has 8 heteroatoms. The third-order valence-corrected chi connectivity index (χ3v) is 4.58. The highest BCUT2D eigenvalue weighted by atomic mass is 19.3. The quantitative estimate of drug-likeness (QED) is 0.621. The van der Waals surface area contributed by atoms with Crippen molar-refractivity contribution in [3.63, 3.8) is 0 Å². The number of anilines is 1. The van der Waals surface area contributed by atoms with E-state index in [1.165, 1.54) is 12.1 Å². The van der Waals surface area contributed by atoms with Gasteiger partial charge in [0.25, 0.3) is 11.8 Å².